The zero-order valence-electron chi connectivity index (χ0n) is 35.7. The summed E-state index contributed by atoms with van der Waals surface area (Å²) in [6, 6.07) is 16.7. The van der Waals surface area contributed by atoms with Crippen LogP contribution in [0.5, 0.6) is 0 Å². The lowest BCUT2D eigenvalue weighted by Crippen LogP contribution is -2.51. The number of H-pyrrole nitrogens is 2. The fourth-order valence-corrected chi connectivity index (χ4v) is 7.88. The first-order valence-corrected chi connectivity index (χ1v) is 19.8. The third kappa shape index (κ3) is 11.4. The number of rotatable bonds is 11. The molecule has 18 heteroatoms. The lowest BCUT2D eigenvalue weighted by Gasteiger charge is -2.30. The molecule has 3 amide bonds. The third-order valence-electron chi connectivity index (χ3n) is 10.9. The number of hydrogen-bond donors (Lipinski definition) is 3. The molecule has 2 aliphatic heterocycles. The van der Waals surface area contributed by atoms with Crippen LogP contribution in [0.4, 0.5) is 4.79 Å². The smallest absolute Gasteiger partial charge is 0.407 e. The van der Waals surface area contributed by atoms with Gasteiger partial charge in [-0.3, -0.25) is 9.59 Å². The number of nitrogens with zero attached hydrogens (tertiary/aromatic N) is 5. The molecule has 14 nitrogen and oxygen atoms in total. The average molecular weight is 923 g/mol. The van der Waals surface area contributed by atoms with Crippen LogP contribution in [0.3, 0.4) is 0 Å². The quantitative estimate of drug-likeness (QED) is 0.0408. The number of aromatic nitrogens is 4. The summed E-state index contributed by atoms with van der Waals surface area (Å²) in [5.41, 5.74) is 5.26. The van der Waals surface area contributed by atoms with E-state index in [2.05, 4.69) is 67.3 Å². The predicted molar refractivity (Wildman–Crippen MR) is 262 cm³/mol. The summed E-state index contributed by atoms with van der Waals surface area (Å²) < 4.78 is 4.76. The number of carbonyl (C=O) groups is 3. The number of aliphatic imine (C=N–C) groups is 1. The molecule has 4 atom stereocenters. The number of hydrogen-bond acceptors (Lipinski definition) is 9. The molecule has 5 aromatic rings. The van der Waals surface area contributed by atoms with Crippen molar-refractivity contribution < 1.29 is 28.9 Å². The van der Waals surface area contributed by atoms with E-state index in [1.54, 1.807) is 0 Å². The van der Waals surface area contributed by atoms with E-state index in [4.69, 9.17) is 19.6 Å². The van der Waals surface area contributed by atoms with Gasteiger partial charge in [-0.05, 0) is 84.7 Å². The minimum atomic E-state index is -0.688. The fourth-order valence-electron chi connectivity index (χ4n) is 7.88. The van der Waals surface area contributed by atoms with Crippen LogP contribution in [0.15, 0.2) is 65.8 Å². The fraction of sp³-hybridized carbons (Fsp3) is 0.409. The minimum Gasteiger partial charge on any atom is -0.453 e. The van der Waals surface area contributed by atoms with Gasteiger partial charge in [-0.1, -0.05) is 57.7 Å². The van der Waals surface area contributed by atoms with Crippen LogP contribution in [-0.2, 0) is 24.1 Å². The highest BCUT2D eigenvalue weighted by molar-refractivity contribution is 7.59. The average Bonchev–Trinajstić information content (AvgIpc) is 4.06. The first-order chi connectivity index (χ1) is 28.0. The van der Waals surface area contributed by atoms with Gasteiger partial charge in [-0.25, -0.2) is 19.8 Å². The molecule has 2 aromatic heterocycles. The number of nitrogens with one attached hydrogen (secondary N) is 3. The second kappa shape index (κ2) is 23.0. The van der Waals surface area contributed by atoms with Gasteiger partial charge >= 0.3 is 6.09 Å². The number of benzene rings is 3. The van der Waals surface area contributed by atoms with E-state index in [1.165, 1.54) is 20.6 Å². The molecule has 62 heavy (non-hydrogen) atoms. The number of aromatic amines is 2. The van der Waals surface area contributed by atoms with E-state index in [9.17, 15) is 14.4 Å². The molecule has 4 heterocycles. The Morgan fingerprint density at radius 2 is 1.44 bits per heavy atom. The Kier molecular flexibility index (Phi) is 19.2. The molecule has 0 spiro atoms. The van der Waals surface area contributed by atoms with Crippen LogP contribution in [0.1, 0.15) is 88.2 Å². The van der Waals surface area contributed by atoms with Crippen molar-refractivity contribution in [3.63, 3.8) is 0 Å². The van der Waals surface area contributed by atoms with Crippen molar-refractivity contribution >= 4 is 100 Å². The largest absolute Gasteiger partial charge is 0.453 e. The van der Waals surface area contributed by atoms with Crippen LogP contribution < -0.4 is 5.32 Å². The van der Waals surface area contributed by atoms with Crippen LogP contribution in [0.25, 0.3) is 33.1 Å². The van der Waals surface area contributed by atoms with Gasteiger partial charge in [0.1, 0.15) is 23.7 Å². The highest BCUT2D eigenvalue weighted by Crippen LogP contribution is 2.35. The van der Waals surface area contributed by atoms with E-state index < -0.39 is 18.2 Å². The highest BCUT2D eigenvalue weighted by atomic mass is 32.1. The van der Waals surface area contributed by atoms with Crippen molar-refractivity contribution in [3.05, 3.63) is 83.6 Å². The lowest BCUT2D eigenvalue weighted by atomic mass is 10.0. The Bertz CT molecular complexity index is 2410. The van der Waals surface area contributed by atoms with E-state index >= 15 is 0 Å². The van der Waals surface area contributed by atoms with Crippen LogP contribution in [-0.4, -0.2) is 93.4 Å². The van der Waals surface area contributed by atoms with Crippen molar-refractivity contribution in [3.8, 4) is 23.1 Å². The summed E-state index contributed by atoms with van der Waals surface area (Å²) >= 11 is 0. The van der Waals surface area contributed by atoms with Crippen molar-refractivity contribution in [2.75, 3.05) is 27.3 Å². The molecule has 3 aromatic carbocycles. The maximum atomic E-state index is 13.6. The molecule has 7 rings (SSSR count). The standard InChI is InChI=1S/C44H50N8O6.4H2S/c1-26(2)38(46-25-58-57-6)42(53)52-20-8-10-37(52)41-47-33-18-14-29(22-34(33)48-41)12-11-28-13-15-31-23-32(17-16-30(31)21-28)35-24-45-40(49-35)36-9-7-19-51(36)43(54)39(27(3)4)50-44(55)56-5;;;;/h13-18,21-27,36-39H,7-10,19-20H2,1-6H3,(H,45,49)(H,47,48)(H,50,55);4*1H2/t36-,37-,38-,39-;;;;/m0..../s1. The molecule has 0 bridgehead atoms. The Balaban J connectivity index is 0.00000256. The second-order valence-corrected chi connectivity index (χ2v) is 15.5. The van der Waals surface area contributed by atoms with Crippen LogP contribution >= 0.6 is 54.0 Å². The van der Waals surface area contributed by atoms with Gasteiger partial charge in [-0.15, -0.1) is 0 Å². The number of carbonyl (C=O) groups excluding carboxylic acids is 3. The molecular formula is C44H58N8O6S4. The summed E-state index contributed by atoms with van der Waals surface area (Å²) in [6.07, 6.45) is 5.69. The van der Waals surface area contributed by atoms with Gasteiger partial charge in [0.2, 0.25) is 18.2 Å². The predicted octanol–water partition coefficient (Wildman–Crippen LogP) is 7.30. The topological polar surface area (TPSA) is 167 Å². The Hall–Kier alpha value is -4.80. The van der Waals surface area contributed by atoms with Gasteiger partial charge < -0.3 is 34.7 Å². The number of fused-ring (bicyclic) bond motifs is 2. The first kappa shape index (κ1) is 51.5. The van der Waals surface area contributed by atoms with Crippen molar-refractivity contribution in [1.82, 2.24) is 35.1 Å². The Morgan fingerprint density at radius 3 is 2.10 bits per heavy atom. The van der Waals surface area contributed by atoms with E-state index in [0.717, 1.165) is 81.5 Å². The zero-order chi connectivity index (χ0) is 40.9. The van der Waals surface area contributed by atoms with Crippen molar-refractivity contribution in [2.45, 2.75) is 77.5 Å². The molecule has 3 N–H and O–H groups in total. The van der Waals surface area contributed by atoms with E-state index in [1.807, 2.05) is 68.0 Å². The maximum absolute atomic E-state index is 13.6. The molecule has 2 fully saturated rings. The van der Waals surface area contributed by atoms with Crippen LogP contribution in [0, 0.1) is 23.7 Å². The summed E-state index contributed by atoms with van der Waals surface area (Å²) in [6.45, 7) is 8.96. The number of ether oxygens (including phenoxy) is 1. The normalized spacial score (nSPS) is 16.8. The molecule has 2 aliphatic rings. The molecule has 334 valence electrons. The van der Waals surface area contributed by atoms with Gasteiger partial charge in [0.05, 0.1) is 49.2 Å². The lowest BCUT2D eigenvalue weighted by molar-refractivity contribution is -0.188. The molecule has 0 radical (unpaired) electrons. The van der Waals surface area contributed by atoms with E-state index in [0.29, 0.717) is 13.1 Å². The summed E-state index contributed by atoms with van der Waals surface area (Å²) in [5, 5.41) is 4.82. The minimum absolute atomic E-state index is 0. The highest BCUT2D eigenvalue weighted by Gasteiger charge is 2.38. The number of amides is 3. The van der Waals surface area contributed by atoms with Crippen LogP contribution in [0.2, 0.25) is 0 Å². The number of alkyl carbamates (subject to hydrolysis) is 1. The molecule has 0 saturated carbocycles. The summed E-state index contributed by atoms with van der Waals surface area (Å²) in [5.74, 6) is 7.79. The summed E-state index contributed by atoms with van der Waals surface area (Å²) in [7, 11) is 2.68. The number of methoxy groups -OCH3 is 1. The van der Waals surface area contributed by atoms with Gasteiger partial charge in [0.15, 0.2) is 0 Å². The first-order valence-electron chi connectivity index (χ1n) is 19.8. The number of imidazole rings is 2. The van der Waals surface area contributed by atoms with Crippen molar-refractivity contribution in [2.24, 2.45) is 16.8 Å². The summed E-state index contributed by atoms with van der Waals surface area (Å²) in [4.78, 5) is 73.0. The van der Waals surface area contributed by atoms with Gasteiger partial charge in [0, 0.05) is 29.8 Å². The maximum Gasteiger partial charge on any atom is 0.407 e. The van der Waals surface area contributed by atoms with E-state index in [-0.39, 0.29) is 89.7 Å². The monoisotopic (exact) mass is 922 g/mol. The second-order valence-electron chi connectivity index (χ2n) is 15.5. The molecule has 2 saturated heterocycles. The Labute approximate surface area is 390 Å². The van der Waals surface area contributed by atoms with Gasteiger partial charge in [0.25, 0.3) is 0 Å². The molecule has 0 aliphatic carbocycles. The number of likely N-dealkylation sites (tertiary alicyclic amines) is 2. The zero-order valence-corrected chi connectivity index (χ0v) is 39.7. The molecule has 0 unspecified atom stereocenters. The van der Waals surface area contributed by atoms with Crippen molar-refractivity contribution in [1.29, 1.82) is 0 Å². The Morgan fingerprint density at radius 1 is 0.806 bits per heavy atom. The molecular weight excluding hydrogens is 865 g/mol. The SMILES string of the molecule is COOC=N[C@H](C(=O)N1CCC[C@H]1c1nc2ccc(C#Cc3ccc4cc(-c5cnc([C@@H]6CCCN6C(=O)[C@@H](NC(=O)OC)C(C)C)[nH]5)ccc4c3)cc2[nH]1)C(C)C.S.S.S.S. The van der Waals surface area contributed by atoms with Gasteiger partial charge in [-0.2, -0.15) is 58.9 Å². The third-order valence-corrected chi connectivity index (χ3v) is 10.9.